The summed E-state index contributed by atoms with van der Waals surface area (Å²) in [5, 5.41) is 3.19. The second-order valence-electron chi connectivity index (χ2n) is 5.47. The monoisotopic (exact) mass is 307 g/mol. The quantitative estimate of drug-likeness (QED) is 0.819. The van der Waals surface area contributed by atoms with Crippen molar-refractivity contribution in [2.75, 3.05) is 11.1 Å². The van der Waals surface area contributed by atoms with Crippen LogP contribution >= 0.6 is 0 Å². The molecule has 1 aromatic carbocycles. The number of nitrogens with one attached hydrogen (secondary N) is 1. The Bertz CT molecular complexity index is 683. The number of alkyl halides is 3. The minimum atomic E-state index is -4.43. The molecule has 1 aliphatic carbocycles. The van der Waals surface area contributed by atoms with Crippen molar-refractivity contribution in [3.8, 4) is 0 Å². The summed E-state index contributed by atoms with van der Waals surface area (Å²) in [5.41, 5.74) is 8.31. The number of hydrogen-bond donors (Lipinski definition) is 2. The first kappa shape index (κ1) is 14.7. The molecule has 3 nitrogen and oxygen atoms in total. The van der Waals surface area contributed by atoms with E-state index < -0.39 is 11.9 Å². The van der Waals surface area contributed by atoms with Crippen molar-refractivity contribution >= 4 is 11.4 Å². The molecule has 0 amide bonds. The third kappa shape index (κ3) is 3.00. The molecule has 0 aliphatic heterocycles. The number of nitrogens with two attached hydrogens (primary N) is 1. The predicted octanol–water partition coefficient (Wildman–Crippen LogP) is 4.17. The van der Waals surface area contributed by atoms with Crippen molar-refractivity contribution < 1.29 is 13.2 Å². The van der Waals surface area contributed by atoms with Crippen LogP contribution in [0.5, 0.6) is 0 Å². The number of fused-ring (bicyclic) bond motifs is 1. The largest absolute Gasteiger partial charge is 0.433 e. The normalized spacial score (nSPS) is 17.9. The zero-order valence-electron chi connectivity index (χ0n) is 11.8. The summed E-state index contributed by atoms with van der Waals surface area (Å²) in [4.78, 5) is 3.38. The van der Waals surface area contributed by atoms with E-state index in [1.165, 1.54) is 6.20 Å². The van der Waals surface area contributed by atoms with Gasteiger partial charge in [0, 0.05) is 17.6 Å². The van der Waals surface area contributed by atoms with E-state index in [4.69, 9.17) is 5.73 Å². The fourth-order valence-corrected chi connectivity index (χ4v) is 2.86. The third-order valence-corrected chi connectivity index (χ3v) is 3.87. The summed E-state index contributed by atoms with van der Waals surface area (Å²) in [5.74, 6) is 0. The van der Waals surface area contributed by atoms with Crippen LogP contribution < -0.4 is 11.1 Å². The Morgan fingerprint density at radius 1 is 1.18 bits per heavy atom. The van der Waals surface area contributed by atoms with Gasteiger partial charge in [-0.25, -0.2) is 0 Å². The smallest absolute Gasteiger partial charge is 0.399 e. The number of aromatic nitrogens is 1. The zero-order chi connectivity index (χ0) is 15.7. The molecule has 6 heteroatoms. The van der Waals surface area contributed by atoms with Crippen LogP contribution in [0.2, 0.25) is 0 Å². The van der Waals surface area contributed by atoms with Gasteiger partial charge in [0.15, 0.2) is 0 Å². The number of pyridine rings is 1. The molecule has 0 saturated carbocycles. The van der Waals surface area contributed by atoms with Crippen molar-refractivity contribution in [1.29, 1.82) is 0 Å². The topological polar surface area (TPSA) is 50.9 Å². The first-order valence-corrected chi connectivity index (χ1v) is 7.11. The van der Waals surface area contributed by atoms with E-state index in [-0.39, 0.29) is 6.04 Å². The molecule has 0 radical (unpaired) electrons. The maximum atomic E-state index is 12.7. The lowest BCUT2D eigenvalue weighted by Crippen LogP contribution is -2.18. The molecule has 116 valence electrons. The minimum absolute atomic E-state index is 0.00664. The van der Waals surface area contributed by atoms with Crippen LogP contribution in [0.25, 0.3) is 0 Å². The van der Waals surface area contributed by atoms with Gasteiger partial charge in [0.2, 0.25) is 0 Å². The fourth-order valence-electron chi connectivity index (χ4n) is 2.86. The molecule has 0 spiro atoms. The summed E-state index contributed by atoms with van der Waals surface area (Å²) >= 11 is 0. The van der Waals surface area contributed by atoms with Crippen LogP contribution in [0.3, 0.4) is 0 Å². The molecule has 1 aromatic heterocycles. The van der Waals surface area contributed by atoms with Crippen LogP contribution in [0.15, 0.2) is 36.5 Å². The molecule has 1 aliphatic rings. The van der Waals surface area contributed by atoms with E-state index in [9.17, 15) is 13.2 Å². The Balaban J connectivity index is 1.86. The van der Waals surface area contributed by atoms with Gasteiger partial charge in [-0.1, -0.05) is 6.07 Å². The number of anilines is 2. The molecular weight excluding hydrogens is 291 g/mol. The number of nitrogens with zero attached hydrogens (tertiary/aromatic N) is 1. The summed E-state index contributed by atoms with van der Waals surface area (Å²) in [6.07, 6.45) is -0.455. The molecule has 2 aromatic rings. The summed E-state index contributed by atoms with van der Waals surface area (Å²) in [7, 11) is 0. The lowest BCUT2D eigenvalue weighted by molar-refractivity contribution is -0.141. The van der Waals surface area contributed by atoms with Crippen LogP contribution in [0, 0.1) is 0 Å². The van der Waals surface area contributed by atoms with Crippen molar-refractivity contribution in [3.05, 3.63) is 53.3 Å². The average molecular weight is 307 g/mol. The zero-order valence-corrected chi connectivity index (χ0v) is 11.8. The Labute approximate surface area is 126 Å². The molecule has 22 heavy (non-hydrogen) atoms. The number of benzene rings is 1. The van der Waals surface area contributed by atoms with Gasteiger partial charge in [-0.15, -0.1) is 0 Å². The molecule has 1 heterocycles. The Kier molecular flexibility index (Phi) is 3.68. The highest BCUT2D eigenvalue weighted by Gasteiger charge is 2.32. The SMILES string of the molecule is Nc1ccc2c(c1)CCCC2Nc1ccnc(C(F)(F)F)c1. The highest BCUT2D eigenvalue weighted by atomic mass is 19.4. The van der Waals surface area contributed by atoms with Crippen molar-refractivity contribution in [2.24, 2.45) is 0 Å². The second-order valence-corrected chi connectivity index (χ2v) is 5.47. The van der Waals surface area contributed by atoms with Gasteiger partial charge in [0.25, 0.3) is 0 Å². The van der Waals surface area contributed by atoms with E-state index in [0.717, 1.165) is 36.5 Å². The lowest BCUT2D eigenvalue weighted by Gasteiger charge is -2.27. The first-order valence-electron chi connectivity index (χ1n) is 7.11. The van der Waals surface area contributed by atoms with Crippen LogP contribution in [-0.4, -0.2) is 4.98 Å². The number of nitrogen functional groups attached to an aromatic ring is 1. The molecule has 3 N–H and O–H groups in total. The van der Waals surface area contributed by atoms with Crippen LogP contribution in [-0.2, 0) is 12.6 Å². The molecule has 1 unspecified atom stereocenters. The number of halogens is 3. The molecular formula is C16H16F3N3. The highest BCUT2D eigenvalue weighted by Crippen LogP contribution is 2.35. The number of hydrogen-bond acceptors (Lipinski definition) is 3. The standard InChI is InChI=1S/C16H16F3N3/c17-16(18,19)15-9-12(6-7-21-15)22-14-3-1-2-10-8-11(20)4-5-13(10)14/h4-9,14H,1-3,20H2,(H,21,22). The van der Waals surface area contributed by atoms with Gasteiger partial charge in [-0.3, -0.25) is 4.98 Å². The van der Waals surface area contributed by atoms with E-state index in [1.807, 2.05) is 18.2 Å². The average Bonchev–Trinajstić information content (AvgIpc) is 2.46. The van der Waals surface area contributed by atoms with Crippen molar-refractivity contribution in [1.82, 2.24) is 4.98 Å². The predicted molar refractivity (Wildman–Crippen MR) is 79.4 cm³/mol. The van der Waals surface area contributed by atoms with E-state index in [0.29, 0.717) is 11.4 Å². The van der Waals surface area contributed by atoms with Gasteiger partial charge in [0.1, 0.15) is 5.69 Å². The molecule has 0 bridgehead atoms. The maximum absolute atomic E-state index is 12.7. The van der Waals surface area contributed by atoms with Crippen molar-refractivity contribution in [3.63, 3.8) is 0 Å². The van der Waals surface area contributed by atoms with Crippen LogP contribution in [0.4, 0.5) is 24.5 Å². The summed E-state index contributed by atoms with van der Waals surface area (Å²) in [6, 6.07) is 8.32. The third-order valence-electron chi connectivity index (χ3n) is 3.87. The molecule has 0 fully saturated rings. The van der Waals surface area contributed by atoms with E-state index >= 15 is 0 Å². The Morgan fingerprint density at radius 3 is 2.77 bits per heavy atom. The first-order chi connectivity index (χ1) is 10.4. The Hall–Kier alpha value is -2.24. The maximum Gasteiger partial charge on any atom is 0.433 e. The van der Waals surface area contributed by atoms with Gasteiger partial charge in [-0.2, -0.15) is 13.2 Å². The van der Waals surface area contributed by atoms with Crippen LogP contribution in [0.1, 0.15) is 35.7 Å². The highest BCUT2D eigenvalue weighted by molar-refractivity contribution is 5.51. The van der Waals surface area contributed by atoms with Gasteiger partial charge < -0.3 is 11.1 Å². The summed E-state index contributed by atoms with van der Waals surface area (Å²) in [6.45, 7) is 0. The van der Waals surface area contributed by atoms with Crippen molar-refractivity contribution in [2.45, 2.75) is 31.5 Å². The number of rotatable bonds is 2. The molecule has 1 atom stereocenters. The minimum Gasteiger partial charge on any atom is -0.399 e. The fraction of sp³-hybridized carbons (Fsp3) is 0.312. The Morgan fingerprint density at radius 2 is 2.00 bits per heavy atom. The van der Waals surface area contributed by atoms with Gasteiger partial charge in [0.05, 0.1) is 6.04 Å². The van der Waals surface area contributed by atoms with E-state index in [1.54, 1.807) is 6.07 Å². The lowest BCUT2D eigenvalue weighted by atomic mass is 9.87. The van der Waals surface area contributed by atoms with E-state index in [2.05, 4.69) is 10.3 Å². The summed E-state index contributed by atoms with van der Waals surface area (Å²) < 4.78 is 38.2. The molecule has 3 rings (SSSR count). The van der Waals surface area contributed by atoms with Gasteiger partial charge in [-0.05, 0) is 54.7 Å². The number of aryl methyl sites for hydroxylation is 1. The molecule has 0 saturated heterocycles. The van der Waals surface area contributed by atoms with Gasteiger partial charge >= 0.3 is 6.18 Å². The second kappa shape index (κ2) is 5.51.